The predicted octanol–water partition coefficient (Wildman–Crippen LogP) is 3.38. The molecule has 4 rings (SSSR count). The van der Waals surface area contributed by atoms with Gasteiger partial charge in [-0.05, 0) is 48.2 Å². The molecule has 1 aromatic heterocycles. The summed E-state index contributed by atoms with van der Waals surface area (Å²) in [6.45, 7) is 1.65. The van der Waals surface area contributed by atoms with Crippen molar-refractivity contribution in [3.8, 4) is 5.75 Å². The van der Waals surface area contributed by atoms with Crippen molar-refractivity contribution in [2.75, 3.05) is 25.1 Å². The minimum absolute atomic E-state index is 0.265. The third-order valence-electron chi connectivity index (χ3n) is 4.61. The average molecular weight is 323 g/mol. The molecule has 122 valence electrons. The van der Waals surface area contributed by atoms with Crippen LogP contribution in [-0.2, 0) is 12.8 Å². The Hall–Kier alpha value is -2.69. The van der Waals surface area contributed by atoms with Gasteiger partial charge in [-0.15, -0.1) is 0 Å². The Kier molecular flexibility index (Phi) is 3.76. The fourth-order valence-corrected chi connectivity index (χ4v) is 3.41. The minimum atomic E-state index is -0.265. The number of fused-ring (bicyclic) bond motifs is 2. The summed E-state index contributed by atoms with van der Waals surface area (Å²) >= 11 is 0. The molecule has 0 amide bonds. The van der Waals surface area contributed by atoms with Crippen LogP contribution >= 0.6 is 0 Å². The van der Waals surface area contributed by atoms with Crippen LogP contribution in [0.2, 0.25) is 0 Å². The number of anilines is 1. The van der Waals surface area contributed by atoms with Gasteiger partial charge in [-0.2, -0.15) is 0 Å². The highest BCUT2D eigenvalue weighted by Crippen LogP contribution is 2.29. The zero-order valence-corrected chi connectivity index (χ0v) is 13.5. The van der Waals surface area contributed by atoms with Crippen molar-refractivity contribution in [2.45, 2.75) is 12.8 Å². The van der Waals surface area contributed by atoms with Crippen LogP contribution < -0.4 is 9.64 Å². The molecule has 0 radical (unpaired) electrons. The molecule has 2 heterocycles. The summed E-state index contributed by atoms with van der Waals surface area (Å²) in [7, 11) is 1.71. The second-order valence-electron chi connectivity index (χ2n) is 5.94. The van der Waals surface area contributed by atoms with Gasteiger partial charge in [-0.25, -0.2) is 14.4 Å². The van der Waals surface area contributed by atoms with E-state index in [1.54, 1.807) is 19.5 Å². The molecule has 5 heteroatoms. The number of aromatic nitrogens is 2. The molecule has 0 saturated heterocycles. The van der Waals surface area contributed by atoms with Gasteiger partial charge in [0.1, 0.15) is 23.7 Å². The monoisotopic (exact) mass is 323 g/mol. The normalized spacial score (nSPS) is 14.3. The molecule has 0 saturated carbocycles. The number of benzene rings is 2. The maximum Gasteiger partial charge on any atom is 0.140 e. The molecule has 1 aliphatic heterocycles. The Morgan fingerprint density at radius 1 is 1.08 bits per heavy atom. The van der Waals surface area contributed by atoms with Crippen LogP contribution in [0.4, 0.5) is 10.2 Å². The van der Waals surface area contributed by atoms with Crippen LogP contribution in [0.1, 0.15) is 11.1 Å². The minimum Gasteiger partial charge on any atom is -0.496 e. The lowest BCUT2D eigenvalue weighted by Crippen LogP contribution is -2.27. The first-order valence-electron chi connectivity index (χ1n) is 8.06. The number of hydrogen-bond acceptors (Lipinski definition) is 4. The third kappa shape index (κ3) is 2.56. The summed E-state index contributed by atoms with van der Waals surface area (Å²) in [5.74, 6) is 1.47. The number of methoxy groups -OCH3 is 1. The molecule has 3 aromatic rings. The second kappa shape index (κ2) is 6.07. The van der Waals surface area contributed by atoms with Crippen LogP contribution in [-0.4, -0.2) is 30.2 Å². The first kappa shape index (κ1) is 14.9. The lowest BCUT2D eigenvalue weighted by Gasteiger charge is -2.22. The van der Waals surface area contributed by atoms with Crippen LogP contribution in [0, 0.1) is 5.82 Å². The Balaban J connectivity index is 1.71. The van der Waals surface area contributed by atoms with Crippen LogP contribution in [0.15, 0.2) is 42.7 Å². The largest absolute Gasteiger partial charge is 0.496 e. The molecular weight excluding hydrogens is 305 g/mol. The van der Waals surface area contributed by atoms with E-state index >= 15 is 0 Å². The fraction of sp³-hybridized carbons (Fsp3) is 0.263. The molecular formula is C19H18FN3O. The van der Waals surface area contributed by atoms with Crippen molar-refractivity contribution < 1.29 is 9.13 Å². The zero-order valence-electron chi connectivity index (χ0n) is 13.5. The van der Waals surface area contributed by atoms with Crippen LogP contribution in [0.5, 0.6) is 5.75 Å². The molecule has 4 nitrogen and oxygen atoms in total. The van der Waals surface area contributed by atoms with E-state index in [0.717, 1.165) is 48.4 Å². The van der Waals surface area contributed by atoms with Gasteiger partial charge in [0.05, 0.1) is 12.6 Å². The highest BCUT2D eigenvalue weighted by Gasteiger charge is 2.19. The Labute approximate surface area is 139 Å². The highest BCUT2D eigenvalue weighted by atomic mass is 19.1. The average Bonchev–Trinajstić information content (AvgIpc) is 2.83. The molecule has 1 aliphatic rings. The summed E-state index contributed by atoms with van der Waals surface area (Å²) in [6.07, 6.45) is 3.34. The van der Waals surface area contributed by atoms with Gasteiger partial charge in [0.2, 0.25) is 0 Å². The van der Waals surface area contributed by atoms with E-state index in [9.17, 15) is 4.39 Å². The molecule has 0 aliphatic carbocycles. The van der Waals surface area contributed by atoms with Gasteiger partial charge < -0.3 is 9.64 Å². The van der Waals surface area contributed by atoms with Crippen molar-refractivity contribution in [1.82, 2.24) is 9.97 Å². The van der Waals surface area contributed by atoms with Gasteiger partial charge in [0, 0.05) is 18.5 Å². The number of nitrogens with zero attached hydrogens (tertiary/aromatic N) is 3. The first-order chi connectivity index (χ1) is 11.8. The number of hydrogen-bond donors (Lipinski definition) is 0. The predicted molar refractivity (Wildman–Crippen MR) is 92.1 cm³/mol. The third-order valence-corrected chi connectivity index (χ3v) is 4.61. The van der Waals surface area contributed by atoms with Gasteiger partial charge in [0.25, 0.3) is 0 Å². The topological polar surface area (TPSA) is 38.2 Å². The van der Waals surface area contributed by atoms with Crippen molar-refractivity contribution in [2.24, 2.45) is 0 Å². The van der Waals surface area contributed by atoms with Gasteiger partial charge in [-0.3, -0.25) is 0 Å². The van der Waals surface area contributed by atoms with Crippen LogP contribution in [0.3, 0.4) is 0 Å². The van der Waals surface area contributed by atoms with Crippen molar-refractivity contribution >= 4 is 16.7 Å². The molecule has 0 fully saturated rings. The standard InChI is InChI=1S/C19H18FN3O/c1-24-18-4-2-3-13-7-9-23(10-8-15(13)18)19-16-11-14(20)5-6-17(16)21-12-22-19/h2-6,11-12H,7-10H2,1H3. The smallest absolute Gasteiger partial charge is 0.140 e. The first-order valence-corrected chi connectivity index (χ1v) is 8.06. The maximum atomic E-state index is 13.7. The maximum absolute atomic E-state index is 13.7. The van der Waals surface area contributed by atoms with Crippen molar-refractivity contribution in [3.05, 3.63) is 59.7 Å². The number of halogens is 1. The van der Waals surface area contributed by atoms with E-state index in [-0.39, 0.29) is 5.82 Å². The molecule has 0 N–H and O–H groups in total. The van der Waals surface area contributed by atoms with Crippen LogP contribution in [0.25, 0.3) is 10.9 Å². The van der Waals surface area contributed by atoms with Crippen molar-refractivity contribution in [1.29, 1.82) is 0 Å². The van der Waals surface area contributed by atoms with E-state index in [1.165, 1.54) is 23.3 Å². The quantitative estimate of drug-likeness (QED) is 0.725. The molecule has 0 bridgehead atoms. The molecule has 0 unspecified atom stereocenters. The lowest BCUT2D eigenvalue weighted by atomic mass is 10.0. The number of rotatable bonds is 2. The summed E-state index contributed by atoms with van der Waals surface area (Å²) in [4.78, 5) is 10.9. The molecule has 2 aromatic carbocycles. The summed E-state index contributed by atoms with van der Waals surface area (Å²) < 4.78 is 19.2. The fourth-order valence-electron chi connectivity index (χ4n) is 3.41. The Morgan fingerprint density at radius 2 is 1.96 bits per heavy atom. The second-order valence-corrected chi connectivity index (χ2v) is 5.94. The summed E-state index contributed by atoms with van der Waals surface area (Å²) in [5, 5.41) is 0.760. The zero-order chi connectivity index (χ0) is 16.5. The molecule has 0 spiro atoms. The Morgan fingerprint density at radius 3 is 2.83 bits per heavy atom. The SMILES string of the molecule is COc1cccc2c1CCN(c1ncnc3ccc(F)cc13)CC2. The molecule has 24 heavy (non-hydrogen) atoms. The van der Waals surface area contributed by atoms with E-state index in [2.05, 4.69) is 20.9 Å². The summed E-state index contributed by atoms with van der Waals surface area (Å²) in [5.41, 5.74) is 3.33. The van der Waals surface area contributed by atoms with Gasteiger partial charge in [-0.1, -0.05) is 12.1 Å². The number of ether oxygens (including phenoxy) is 1. The van der Waals surface area contributed by atoms with Gasteiger partial charge >= 0.3 is 0 Å². The van der Waals surface area contributed by atoms with E-state index in [0.29, 0.717) is 0 Å². The Bertz CT molecular complexity index is 897. The van der Waals surface area contributed by atoms with E-state index in [1.807, 2.05) is 12.1 Å². The van der Waals surface area contributed by atoms with Gasteiger partial charge in [0.15, 0.2) is 0 Å². The highest BCUT2D eigenvalue weighted by molar-refractivity contribution is 5.89. The summed E-state index contributed by atoms with van der Waals surface area (Å²) in [6, 6.07) is 10.8. The van der Waals surface area contributed by atoms with Crippen molar-refractivity contribution in [3.63, 3.8) is 0 Å². The lowest BCUT2D eigenvalue weighted by molar-refractivity contribution is 0.409. The van der Waals surface area contributed by atoms with E-state index in [4.69, 9.17) is 4.74 Å². The molecule has 0 atom stereocenters. The van der Waals surface area contributed by atoms with E-state index < -0.39 is 0 Å².